The Morgan fingerprint density at radius 3 is 2.63 bits per heavy atom. The largest absolute Gasteiger partial charge is 0.431 e. The number of piperazine rings is 1. The van der Waals surface area contributed by atoms with Crippen LogP contribution in [-0.2, 0) is 16.4 Å². The van der Waals surface area contributed by atoms with Crippen molar-refractivity contribution >= 4 is 31.6 Å². The molecule has 5 rings (SSSR count). The highest BCUT2D eigenvalue weighted by Gasteiger charge is 2.46. The Morgan fingerprint density at radius 2 is 1.97 bits per heavy atom. The fourth-order valence-electron chi connectivity index (χ4n) is 4.43. The van der Waals surface area contributed by atoms with Crippen molar-refractivity contribution in [3.05, 3.63) is 53.8 Å². The Labute approximate surface area is 178 Å². The quantitative estimate of drug-likeness (QED) is 0.579. The van der Waals surface area contributed by atoms with Crippen molar-refractivity contribution in [3.8, 4) is 10.9 Å². The summed E-state index contributed by atoms with van der Waals surface area (Å²) in [6.45, 7) is 2.34. The monoisotopic (exact) mass is 447 g/mol. The molecule has 2 aliphatic rings. The van der Waals surface area contributed by atoms with Crippen molar-refractivity contribution in [2.75, 3.05) is 25.9 Å². The van der Waals surface area contributed by atoms with E-state index in [2.05, 4.69) is 9.88 Å². The molecule has 0 N–H and O–H groups in total. The molecular formula is C21H22FN3O3S2. The molecule has 0 amide bonds. The maximum atomic E-state index is 13.8. The van der Waals surface area contributed by atoms with Crippen molar-refractivity contribution in [1.29, 1.82) is 0 Å². The molecule has 0 spiro atoms. The van der Waals surface area contributed by atoms with Gasteiger partial charge in [0.2, 0.25) is 10.0 Å². The van der Waals surface area contributed by atoms with Gasteiger partial charge >= 0.3 is 0 Å². The Hall–Kier alpha value is -2.07. The number of fused-ring (bicyclic) bond motifs is 3. The van der Waals surface area contributed by atoms with E-state index >= 15 is 0 Å². The van der Waals surface area contributed by atoms with E-state index in [0.717, 1.165) is 30.6 Å². The number of ether oxygens (including phenoxy) is 1. The maximum absolute atomic E-state index is 13.8. The molecule has 0 radical (unpaired) electrons. The Kier molecular flexibility index (Phi) is 5.01. The molecule has 2 aromatic carbocycles. The van der Waals surface area contributed by atoms with Crippen LogP contribution in [0.4, 0.5) is 4.39 Å². The number of benzene rings is 2. The van der Waals surface area contributed by atoms with E-state index in [1.165, 1.54) is 29.2 Å². The van der Waals surface area contributed by atoms with Crippen LogP contribution in [0.2, 0.25) is 0 Å². The minimum Gasteiger partial charge on any atom is -0.431 e. The van der Waals surface area contributed by atoms with Crippen molar-refractivity contribution in [3.63, 3.8) is 0 Å². The van der Waals surface area contributed by atoms with E-state index in [1.54, 1.807) is 10.4 Å². The van der Waals surface area contributed by atoms with Gasteiger partial charge in [-0.05, 0) is 42.7 Å². The van der Waals surface area contributed by atoms with E-state index in [1.807, 2.05) is 30.3 Å². The molecule has 9 heteroatoms. The van der Waals surface area contributed by atoms with Gasteiger partial charge in [-0.2, -0.15) is 9.29 Å². The van der Waals surface area contributed by atoms with Gasteiger partial charge in [0, 0.05) is 31.7 Å². The molecule has 2 saturated heterocycles. The second-order valence-corrected chi connectivity index (χ2v) is 10.9. The van der Waals surface area contributed by atoms with Gasteiger partial charge in [-0.15, -0.1) is 0 Å². The second kappa shape index (κ2) is 7.56. The van der Waals surface area contributed by atoms with E-state index in [9.17, 15) is 12.8 Å². The predicted octanol–water partition coefficient (Wildman–Crippen LogP) is 3.49. The van der Waals surface area contributed by atoms with Crippen LogP contribution in [-0.4, -0.2) is 60.6 Å². The number of halogens is 1. The second-order valence-electron chi connectivity index (χ2n) is 7.93. The SMILES string of the molecule is CS(=O)(=O)N1C[C@H]2C[C@@H]1CN2CCc1ccc(Oc2nc3c(F)cccc3s2)cc1. The third kappa shape index (κ3) is 3.82. The van der Waals surface area contributed by atoms with E-state index in [0.29, 0.717) is 29.0 Å². The summed E-state index contributed by atoms with van der Waals surface area (Å²) in [6, 6.07) is 13.2. The van der Waals surface area contributed by atoms with Gasteiger partial charge in [0.05, 0.1) is 11.0 Å². The first-order valence-corrected chi connectivity index (χ1v) is 12.6. The topological polar surface area (TPSA) is 62.7 Å². The summed E-state index contributed by atoms with van der Waals surface area (Å²) in [5.74, 6) is 0.325. The summed E-state index contributed by atoms with van der Waals surface area (Å²) in [5, 5.41) is 0.423. The number of hydrogen-bond acceptors (Lipinski definition) is 6. The number of nitrogens with zero attached hydrogens (tertiary/aromatic N) is 3. The fraction of sp³-hybridized carbons (Fsp3) is 0.381. The summed E-state index contributed by atoms with van der Waals surface area (Å²) in [7, 11) is -3.10. The summed E-state index contributed by atoms with van der Waals surface area (Å²) in [5.41, 5.74) is 1.53. The zero-order valence-electron chi connectivity index (χ0n) is 16.5. The molecule has 6 nitrogen and oxygen atoms in total. The first kappa shape index (κ1) is 19.9. The van der Waals surface area contributed by atoms with Gasteiger partial charge < -0.3 is 4.74 Å². The van der Waals surface area contributed by atoms with E-state index in [-0.39, 0.29) is 11.9 Å². The first-order valence-electron chi connectivity index (χ1n) is 9.89. The van der Waals surface area contributed by atoms with E-state index in [4.69, 9.17) is 4.74 Å². The lowest BCUT2D eigenvalue weighted by Crippen LogP contribution is -2.48. The molecule has 30 heavy (non-hydrogen) atoms. The smallest absolute Gasteiger partial charge is 0.279 e. The van der Waals surface area contributed by atoms with Crippen LogP contribution in [0.25, 0.3) is 10.2 Å². The molecular weight excluding hydrogens is 425 g/mol. The molecule has 1 aromatic heterocycles. The van der Waals surface area contributed by atoms with Crippen LogP contribution < -0.4 is 4.74 Å². The van der Waals surface area contributed by atoms with Gasteiger partial charge in [-0.25, -0.2) is 12.8 Å². The molecule has 3 aromatic rings. The Balaban J connectivity index is 1.18. The molecule has 2 aliphatic heterocycles. The summed E-state index contributed by atoms with van der Waals surface area (Å²) < 4.78 is 45.6. The normalized spacial score (nSPS) is 22.2. The van der Waals surface area contributed by atoms with Crippen LogP contribution in [0.1, 0.15) is 12.0 Å². The molecule has 2 atom stereocenters. The highest BCUT2D eigenvalue weighted by atomic mass is 32.2. The van der Waals surface area contributed by atoms with Crippen LogP contribution in [0, 0.1) is 5.82 Å². The fourth-order valence-corrected chi connectivity index (χ4v) is 6.42. The van der Waals surface area contributed by atoms with Crippen molar-refractivity contribution < 1.29 is 17.5 Å². The molecule has 158 valence electrons. The van der Waals surface area contributed by atoms with Gasteiger partial charge in [0.15, 0.2) is 0 Å². The third-order valence-electron chi connectivity index (χ3n) is 5.90. The molecule has 2 bridgehead atoms. The lowest BCUT2D eigenvalue weighted by Gasteiger charge is -2.32. The summed E-state index contributed by atoms with van der Waals surface area (Å²) >= 11 is 1.32. The summed E-state index contributed by atoms with van der Waals surface area (Å²) in [6.07, 6.45) is 3.13. The van der Waals surface area contributed by atoms with Crippen LogP contribution in [0.3, 0.4) is 0 Å². The van der Waals surface area contributed by atoms with Crippen LogP contribution in [0.5, 0.6) is 10.9 Å². The number of aromatic nitrogens is 1. The minimum absolute atomic E-state index is 0.124. The average Bonchev–Trinajstić information content (AvgIpc) is 3.41. The number of sulfonamides is 1. The Bertz CT molecular complexity index is 1180. The third-order valence-corrected chi connectivity index (χ3v) is 8.09. The number of hydrogen-bond donors (Lipinski definition) is 0. The molecule has 0 aliphatic carbocycles. The average molecular weight is 448 g/mol. The first-order chi connectivity index (χ1) is 14.4. The van der Waals surface area contributed by atoms with E-state index < -0.39 is 10.0 Å². The lowest BCUT2D eigenvalue weighted by atomic mass is 10.1. The van der Waals surface area contributed by atoms with Gasteiger partial charge in [0.25, 0.3) is 5.19 Å². The minimum atomic E-state index is -3.10. The highest BCUT2D eigenvalue weighted by molar-refractivity contribution is 7.88. The number of rotatable bonds is 6. The number of para-hydroxylation sites is 1. The van der Waals surface area contributed by atoms with Gasteiger partial charge in [-0.1, -0.05) is 29.5 Å². The number of thiazole rings is 1. The van der Waals surface area contributed by atoms with Crippen molar-refractivity contribution in [1.82, 2.24) is 14.2 Å². The zero-order chi connectivity index (χ0) is 20.9. The number of likely N-dealkylation sites (tertiary alicyclic amines) is 1. The summed E-state index contributed by atoms with van der Waals surface area (Å²) in [4.78, 5) is 6.63. The maximum Gasteiger partial charge on any atom is 0.279 e. The van der Waals surface area contributed by atoms with Crippen LogP contribution in [0.15, 0.2) is 42.5 Å². The van der Waals surface area contributed by atoms with Crippen molar-refractivity contribution in [2.45, 2.75) is 24.9 Å². The van der Waals surface area contributed by atoms with Crippen LogP contribution >= 0.6 is 11.3 Å². The van der Waals surface area contributed by atoms with Gasteiger partial charge in [0.1, 0.15) is 17.1 Å². The molecule has 0 saturated carbocycles. The predicted molar refractivity (Wildman–Crippen MR) is 115 cm³/mol. The molecule has 0 unspecified atom stereocenters. The Morgan fingerprint density at radius 1 is 1.17 bits per heavy atom. The van der Waals surface area contributed by atoms with Gasteiger partial charge in [-0.3, -0.25) is 4.90 Å². The molecule has 2 fully saturated rings. The standard InChI is InChI=1S/C21H22FN3O3S2/c1-30(26,27)25-13-15-11-16(25)12-24(15)10-9-14-5-7-17(8-6-14)28-21-23-20-18(22)3-2-4-19(20)29-21/h2-8,15-16H,9-13H2,1H3/t15-,16-/m1/s1. The lowest BCUT2D eigenvalue weighted by molar-refractivity contribution is 0.184. The molecule has 3 heterocycles. The van der Waals surface area contributed by atoms with Crippen molar-refractivity contribution in [2.24, 2.45) is 0 Å². The highest BCUT2D eigenvalue weighted by Crippen LogP contribution is 2.34. The zero-order valence-corrected chi connectivity index (χ0v) is 18.1.